The fourth-order valence-electron chi connectivity index (χ4n) is 4.59. The highest BCUT2D eigenvalue weighted by molar-refractivity contribution is 6.31. The third-order valence-corrected chi connectivity index (χ3v) is 6.75. The lowest BCUT2D eigenvalue weighted by Gasteiger charge is -2.22. The summed E-state index contributed by atoms with van der Waals surface area (Å²) in [5.41, 5.74) is 3.86. The predicted octanol–water partition coefficient (Wildman–Crippen LogP) is 5.68. The molecule has 2 heterocycles. The van der Waals surface area contributed by atoms with E-state index in [-0.39, 0.29) is 18.1 Å². The monoisotopic (exact) mass is 540 g/mol. The molecule has 0 aliphatic rings. The second kappa shape index (κ2) is 11.0. The molecule has 0 saturated carbocycles. The van der Waals surface area contributed by atoms with Crippen molar-refractivity contribution in [2.75, 3.05) is 12.4 Å². The Kier molecular flexibility index (Phi) is 7.29. The van der Waals surface area contributed by atoms with E-state index in [0.717, 1.165) is 16.6 Å². The molecule has 196 valence electrons. The minimum absolute atomic E-state index is 0.177. The van der Waals surface area contributed by atoms with Crippen LogP contribution in [0.15, 0.2) is 90.1 Å². The van der Waals surface area contributed by atoms with Crippen molar-refractivity contribution in [1.82, 2.24) is 14.5 Å². The fraction of sp³-hybridized carbons (Fsp3) is 0.133. The lowest BCUT2D eigenvalue weighted by molar-refractivity contribution is -0.119. The number of nitrogens with one attached hydrogen (secondary N) is 2. The van der Waals surface area contributed by atoms with Crippen LogP contribution >= 0.6 is 11.6 Å². The first-order valence-electron chi connectivity index (χ1n) is 12.2. The van der Waals surface area contributed by atoms with Crippen LogP contribution < -0.4 is 15.6 Å². The van der Waals surface area contributed by atoms with Crippen molar-refractivity contribution in [3.8, 4) is 16.9 Å². The third kappa shape index (κ3) is 5.46. The molecule has 0 bridgehead atoms. The number of pyridine rings is 1. The number of nitrogens with zero attached hydrogens (tertiary/aromatic N) is 2. The number of Topliss-reactive ketones (excluding diaryl/α,β-unsaturated/α-hetero) is 1. The minimum atomic E-state index is -0.896. The molecule has 5 rings (SSSR count). The molecule has 0 spiro atoms. The van der Waals surface area contributed by atoms with Crippen molar-refractivity contribution >= 4 is 40.0 Å². The number of amides is 1. The van der Waals surface area contributed by atoms with Crippen LogP contribution in [0.2, 0.25) is 5.02 Å². The standard InChI is InChI=1S/C30H25ClN4O4/c1-18(36)22-10-8-20(31)13-23(22)24-15-29(37)35(16-28(24)39-2)27(12-19-6-4-3-5-7-19)30(38)34-21-9-11-25-26(14-21)33-17-32-25/h3-11,13-17,27H,12H2,1-2H3,(H,32,33)(H,34,38). The molecule has 8 nitrogen and oxygen atoms in total. The van der Waals surface area contributed by atoms with Gasteiger partial charge in [-0.2, -0.15) is 0 Å². The van der Waals surface area contributed by atoms with E-state index in [1.54, 1.807) is 42.7 Å². The number of aromatic amines is 1. The molecule has 2 N–H and O–H groups in total. The third-order valence-electron chi connectivity index (χ3n) is 6.51. The number of ketones is 1. The highest BCUT2D eigenvalue weighted by Crippen LogP contribution is 2.34. The van der Waals surface area contributed by atoms with Crippen molar-refractivity contribution in [3.05, 3.63) is 112 Å². The van der Waals surface area contributed by atoms with Crippen molar-refractivity contribution in [2.24, 2.45) is 0 Å². The molecule has 1 atom stereocenters. The Morgan fingerprint density at radius 3 is 2.59 bits per heavy atom. The summed E-state index contributed by atoms with van der Waals surface area (Å²) in [5, 5.41) is 3.35. The maximum Gasteiger partial charge on any atom is 0.252 e. The molecule has 5 aromatic rings. The first kappa shape index (κ1) is 25.9. The molecule has 9 heteroatoms. The smallest absolute Gasteiger partial charge is 0.252 e. The highest BCUT2D eigenvalue weighted by Gasteiger charge is 2.25. The number of halogens is 1. The molecular formula is C30H25ClN4O4. The number of rotatable bonds is 8. The Hall–Kier alpha value is -4.69. The van der Waals surface area contributed by atoms with Crippen LogP contribution in [0.5, 0.6) is 5.75 Å². The number of benzene rings is 3. The van der Waals surface area contributed by atoms with Gasteiger partial charge in [-0.15, -0.1) is 0 Å². The lowest BCUT2D eigenvalue weighted by atomic mass is 9.97. The number of fused-ring (bicyclic) bond motifs is 1. The second-order valence-electron chi connectivity index (χ2n) is 9.08. The number of imidazole rings is 1. The van der Waals surface area contributed by atoms with Gasteiger partial charge in [0.25, 0.3) is 5.56 Å². The van der Waals surface area contributed by atoms with Crippen LogP contribution in [-0.2, 0) is 11.2 Å². The Balaban J connectivity index is 1.59. The van der Waals surface area contributed by atoms with Gasteiger partial charge >= 0.3 is 0 Å². The zero-order valence-corrected chi connectivity index (χ0v) is 22.0. The Labute approximate surface area is 229 Å². The van der Waals surface area contributed by atoms with Crippen LogP contribution in [0.4, 0.5) is 5.69 Å². The summed E-state index contributed by atoms with van der Waals surface area (Å²) in [7, 11) is 1.47. The zero-order valence-electron chi connectivity index (χ0n) is 21.3. The van der Waals surface area contributed by atoms with E-state index in [1.807, 2.05) is 30.3 Å². The summed E-state index contributed by atoms with van der Waals surface area (Å²) < 4.78 is 7.01. The molecular weight excluding hydrogens is 516 g/mol. The van der Waals surface area contributed by atoms with Crippen LogP contribution in [0.25, 0.3) is 22.2 Å². The molecule has 0 saturated heterocycles. The van der Waals surface area contributed by atoms with E-state index in [4.69, 9.17) is 16.3 Å². The number of ether oxygens (including phenoxy) is 1. The first-order valence-corrected chi connectivity index (χ1v) is 12.6. The largest absolute Gasteiger partial charge is 0.495 e. The molecule has 39 heavy (non-hydrogen) atoms. The van der Waals surface area contributed by atoms with Crippen molar-refractivity contribution in [3.63, 3.8) is 0 Å². The van der Waals surface area contributed by atoms with E-state index >= 15 is 0 Å². The van der Waals surface area contributed by atoms with Gasteiger partial charge < -0.3 is 15.0 Å². The topological polar surface area (TPSA) is 106 Å². The normalized spacial score (nSPS) is 11.8. The number of carbonyl (C=O) groups excluding carboxylic acids is 2. The lowest BCUT2D eigenvalue weighted by Crippen LogP contribution is -2.34. The second-order valence-corrected chi connectivity index (χ2v) is 9.51. The summed E-state index contributed by atoms with van der Waals surface area (Å²) in [4.78, 5) is 46.8. The van der Waals surface area contributed by atoms with Gasteiger partial charge in [0, 0.05) is 34.3 Å². The number of methoxy groups -OCH3 is 1. The van der Waals surface area contributed by atoms with Crippen LogP contribution in [-0.4, -0.2) is 33.3 Å². The number of carbonyl (C=O) groups is 2. The van der Waals surface area contributed by atoms with Crippen molar-refractivity contribution in [2.45, 2.75) is 19.4 Å². The number of anilines is 1. The maximum absolute atomic E-state index is 13.7. The van der Waals surface area contributed by atoms with Gasteiger partial charge in [-0.1, -0.05) is 41.9 Å². The first-order chi connectivity index (χ1) is 18.8. The van der Waals surface area contributed by atoms with E-state index in [9.17, 15) is 14.4 Å². The molecule has 0 aliphatic carbocycles. The van der Waals surface area contributed by atoms with Crippen molar-refractivity contribution in [1.29, 1.82) is 0 Å². The maximum atomic E-state index is 13.7. The minimum Gasteiger partial charge on any atom is -0.495 e. The number of hydrogen-bond donors (Lipinski definition) is 2. The van der Waals surface area contributed by atoms with Gasteiger partial charge in [-0.3, -0.25) is 19.0 Å². The molecule has 2 aromatic heterocycles. The summed E-state index contributed by atoms with van der Waals surface area (Å²) in [5.74, 6) is -0.227. The van der Waals surface area contributed by atoms with E-state index in [2.05, 4.69) is 15.3 Å². The van der Waals surface area contributed by atoms with E-state index < -0.39 is 11.6 Å². The SMILES string of the molecule is COc1cn(C(Cc2ccccc2)C(=O)Nc2ccc3nc[nH]c3c2)c(=O)cc1-c1cc(Cl)ccc1C(C)=O. The van der Waals surface area contributed by atoms with Gasteiger partial charge in [0.1, 0.15) is 11.8 Å². The van der Waals surface area contributed by atoms with Gasteiger partial charge in [-0.25, -0.2) is 4.98 Å². The van der Waals surface area contributed by atoms with Crippen LogP contribution in [0.1, 0.15) is 28.9 Å². The fourth-order valence-corrected chi connectivity index (χ4v) is 4.76. The molecule has 1 amide bonds. The van der Waals surface area contributed by atoms with Crippen LogP contribution in [0.3, 0.4) is 0 Å². The quantitative estimate of drug-likeness (QED) is 0.246. The average molecular weight is 541 g/mol. The molecule has 0 aliphatic heterocycles. The highest BCUT2D eigenvalue weighted by atomic mass is 35.5. The summed E-state index contributed by atoms with van der Waals surface area (Å²) >= 11 is 6.23. The molecule has 0 fully saturated rings. The predicted molar refractivity (Wildman–Crippen MR) is 152 cm³/mol. The Morgan fingerprint density at radius 2 is 1.85 bits per heavy atom. The zero-order chi connectivity index (χ0) is 27.5. The average Bonchev–Trinajstić information content (AvgIpc) is 3.40. The number of aromatic nitrogens is 3. The van der Waals surface area contributed by atoms with E-state index in [1.165, 1.54) is 30.9 Å². The van der Waals surface area contributed by atoms with Crippen LogP contribution in [0, 0.1) is 0 Å². The Bertz CT molecular complexity index is 1740. The Morgan fingerprint density at radius 1 is 1.05 bits per heavy atom. The summed E-state index contributed by atoms with van der Waals surface area (Å²) in [6.07, 6.45) is 3.35. The summed E-state index contributed by atoms with van der Waals surface area (Å²) in [6, 6.07) is 20.1. The van der Waals surface area contributed by atoms with Gasteiger partial charge in [0.15, 0.2) is 5.78 Å². The van der Waals surface area contributed by atoms with Gasteiger partial charge in [0.05, 0.1) is 30.7 Å². The number of H-pyrrole nitrogens is 1. The molecule has 0 radical (unpaired) electrons. The molecule has 1 unspecified atom stereocenters. The molecule has 3 aromatic carbocycles. The summed E-state index contributed by atoms with van der Waals surface area (Å²) in [6.45, 7) is 1.45. The van der Waals surface area contributed by atoms with Gasteiger partial charge in [-0.05, 0) is 54.4 Å². The van der Waals surface area contributed by atoms with Crippen molar-refractivity contribution < 1.29 is 14.3 Å². The number of hydrogen-bond acceptors (Lipinski definition) is 5. The van der Waals surface area contributed by atoms with E-state index in [0.29, 0.717) is 33.1 Å². The van der Waals surface area contributed by atoms with Gasteiger partial charge in [0.2, 0.25) is 5.91 Å².